The lowest BCUT2D eigenvalue weighted by Crippen LogP contribution is -2.47. The third-order valence-corrected chi connectivity index (χ3v) is 4.76. The van der Waals surface area contributed by atoms with Crippen molar-refractivity contribution in [2.24, 2.45) is 12.0 Å². The van der Waals surface area contributed by atoms with Gasteiger partial charge >= 0.3 is 0 Å². The Labute approximate surface area is 177 Å². The second-order valence-electron chi connectivity index (χ2n) is 7.45. The number of rotatable bonds is 8. The van der Waals surface area contributed by atoms with E-state index in [0.29, 0.717) is 18.1 Å². The summed E-state index contributed by atoms with van der Waals surface area (Å²) in [5, 5.41) is 11.4. The van der Waals surface area contributed by atoms with Crippen molar-refractivity contribution in [3.05, 3.63) is 17.0 Å². The highest BCUT2D eigenvalue weighted by molar-refractivity contribution is 14.0. The van der Waals surface area contributed by atoms with Crippen LogP contribution in [0.15, 0.2) is 4.99 Å². The number of nitrogens with one attached hydrogen (secondary N) is 2. The van der Waals surface area contributed by atoms with Crippen LogP contribution in [0.5, 0.6) is 0 Å². The summed E-state index contributed by atoms with van der Waals surface area (Å²) in [6.45, 7) is 17.3. The molecule has 0 fully saturated rings. The molecule has 152 valence electrons. The Morgan fingerprint density at radius 1 is 1.15 bits per heavy atom. The number of aryl methyl sites for hydroxylation is 2. The molecule has 7 heteroatoms. The lowest BCUT2D eigenvalue weighted by atomic mass is 10.1. The molecule has 1 atom stereocenters. The summed E-state index contributed by atoms with van der Waals surface area (Å²) in [5.41, 5.74) is 3.67. The van der Waals surface area contributed by atoms with Gasteiger partial charge in [-0.3, -0.25) is 14.6 Å². The zero-order chi connectivity index (χ0) is 19.1. The van der Waals surface area contributed by atoms with Gasteiger partial charge in [0, 0.05) is 51.0 Å². The fourth-order valence-electron chi connectivity index (χ4n) is 3.31. The van der Waals surface area contributed by atoms with Gasteiger partial charge < -0.3 is 10.6 Å². The minimum Gasteiger partial charge on any atom is -0.355 e. The van der Waals surface area contributed by atoms with Gasteiger partial charge in [0.05, 0.1) is 5.69 Å². The normalized spacial score (nSPS) is 13.3. The third-order valence-electron chi connectivity index (χ3n) is 4.76. The quantitative estimate of drug-likeness (QED) is 0.343. The SMILES string of the molecule is CN=C(NCCN(C(C)C)C(C)C)NC(C)Cc1c(C)nn(C)c1C.I. The minimum absolute atomic E-state index is 0. The van der Waals surface area contributed by atoms with Gasteiger partial charge in [0.2, 0.25) is 0 Å². The molecule has 0 bridgehead atoms. The van der Waals surface area contributed by atoms with E-state index in [1.54, 1.807) is 0 Å². The van der Waals surface area contributed by atoms with Gasteiger partial charge in [-0.25, -0.2) is 0 Å². The molecule has 0 spiro atoms. The molecule has 0 amide bonds. The van der Waals surface area contributed by atoms with Crippen molar-refractivity contribution in [3.63, 3.8) is 0 Å². The van der Waals surface area contributed by atoms with Crippen molar-refractivity contribution in [1.29, 1.82) is 0 Å². The maximum absolute atomic E-state index is 4.50. The van der Waals surface area contributed by atoms with Crippen LogP contribution in [0.3, 0.4) is 0 Å². The van der Waals surface area contributed by atoms with Crippen LogP contribution in [0.25, 0.3) is 0 Å². The second kappa shape index (κ2) is 11.8. The summed E-state index contributed by atoms with van der Waals surface area (Å²) >= 11 is 0. The lowest BCUT2D eigenvalue weighted by molar-refractivity contribution is 0.178. The van der Waals surface area contributed by atoms with Crippen LogP contribution in [0.4, 0.5) is 0 Å². The van der Waals surface area contributed by atoms with E-state index in [-0.39, 0.29) is 24.0 Å². The summed E-state index contributed by atoms with van der Waals surface area (Å²) in [4.78, 5) is 6.84. The number of halogens is 1. The van der Waals surface area contributed by atoms with Gasteiger partial charge in [-0.05, 0) is 60.5 Å². The van der Waals surface area contributed by atoms with Crippen LogP contribution in [-0.4, -0.2) is 58.9 Å². The average molecular weight is 478 g/mol. The molecule has 0 radical (unpaired) electrons. The number of aliphatic imine (C=N–C) groups is 1. The molecule has 0 aliphatic heterocycles. The summed E-state index contributed by atoms with van der Waals surface area (Å²) in [6.07, 6.45) is 0.941. The fraction of sp³-hybridized carbons (Fsp3) is 0.789. The van der Waals surface area contributed by atoms with Crippen LogP contribution < -0.4 is 10.6 Å². The molecule has 2 N–H and O–H groups in total. The number of nitrogens with zero attached hydrogens (tertiary/aromatic N) is 4. The molecule has 1 rings (SSSR count). The smallest absolute Gasteiger partial charge is 0.191 e. The number of hydrogen-bond acceptors (Lipinski definition) is 3. The fourth-order valence-corrected chi connectivity index (χ4v) is 3.31. The zero-order valence-corrected chi connectivity index (χ0v) is 20.4. The van der Waals surface area contributed by atoms with Crippen LogP contribution in [0.2, 0.25) is 0 Å². The number of guanidine groups is 1. The molecule has 0 aromatic carbocycles. The first-order valence-electron chi connectivity index (χ1n) is 9.39. The van der Waals surface area contributed by atoms with Gasteiger partial charge in [-0.1, -0.05) is 0 Å². The van der Waals surface area contributed by atoms with E-state index in [1.807, 2.05) is 18.8 Å². The van der Waals surface area contributed by atoms with Gasteiger partial charge in [-0.2, -0.15) is 5.10 Å². The van der Waals surface area contributed by atoms with E-state index >= 15 is 0 Å². The predicted molar refractivity (Wildman–Crippen MR) is 123 cm³/mol. The van der Waals surface area contributed by atoms with E-state index in [1.165, 1.54) is 11.3 Å². The Morgan fingerprint density at radius 3 is 2.15 bits per heavy atom. The first-order chi connectivity index (χ1) is 11.7. The van der Waals surface area contributed by atoms with Crippen molar-refractivity contribution in [3.8, 4) is 0 Å². The lowest BCUT2D eigenvalue weighted by Gasteiger charge is -2.30. The molecule has 1 aromatic heterocycles. The topological polar surface area (TPSA) is 57.5 Å². The maximum atomic E-state index is 4.50. The molecule has 0 aliphatic carbocycles. The Hall–Kier alpha value is -0.830. The monoisotopic (exact) mass is 478 g/mol. The van der Waals surface area contributed by atoms with E-state index in [9.17, 15) is 0 Å². The molecule has 1 aromatic rings. The highest BCUT2D eigenvalue weighted by Gasteiger charge is 2.15. The Kier molecular flexibility index (Phi) is 11.4. The van der Waals surface area contributed by atoms with Crippen molar-refractivity contribution in [1.82, 2.24) is 25.3 Å². The molecular weight excluding hydrogens is 439 g/mol. The highest BCUT2D eigenvalue weighted by Crippen LogP contribution is 2.14. The van der Waals surface area contributed by atoms with Gasteiger partial charge in [0.15, 0.2) is 5.96 Å². The molecule has 1 heterocycles. The number of aromatic nitrogens is 2. The van der Waals surface area contributed by atoms with Crippen molar-refractivity contribution in [2.75, 3.05) is 20.1 Å². The van der Waals surface area contributed by atoms with Gasteiger partial charge in [-0.15, -0.1) is 24.0 Å². The van der Waals surface area contributed by atoms with E-state index in [0.717, 1.165) is 31.2 Å². The summed E-state index contributed by atoms with van der Waals surface area (Å²) in [6, 6.07) is 1.39. The summed E-state index contributed by atoms with van der Waals surface area (Å²) in [5.74, 6) is 0.860. The molecular formula is C19H39IN6. The molecule has 1 unspecified atom stereocenters. The molecule has 26 heavy (non-hydrogen) atoms. The third kappa shape index (κ3) is 7.42. The van der Waals surface area contributed by atoms with Crippen molar-refractivity contribution in [2.45, 2.75) is 73.0 Å². The van der Waals surface area contributed by atoms with Crippen LogP contribution in [0, 0.1) is 13.8 Å². The van der Waals surface area contributed by atoms with Crippen LogP contribution >= 0.6 is 24.0 Å². The molecule has 0 aliphatic rings. The largest absolute Gasteiger partial charge is 0.355 e. The van der Waals surface area contributed by atoms with Crippen LogP contribution in [-0.2, 0) is 13.5 Å². The van der Waals surface area contributed by atoms with Gasteiger partial charge in [0.1, 0.15) is 0 Å². The zero-order valence-electron chi connectivity index (χ0n) is 18.1. The highest BCUT2D eigenvalue weighted by atomic mass is 127. The standard InChI is InChI=1S/C19H38N6.HI/c1-13(2)25(14(3)4)11-10-21-19(20-8)22-15(5)12-18-16(6)23-24(9)17(18)7;/h13-15H,10-12H2,1-9H3,(H2,20,21,22);1H. The average Bonchev–Trinajstić information content (AvgIpc) is 2.75. The molecule has 6 nitrogen and oxygen atoms in total. The Balaban J connectivity index is 0.00000625. The summed E-state index contributed by atoms with van der Waals surface area (Å²) in [7, 11) is 3.82. The maximum Gasteiger partial charge on any atom is 0.191 e. The molecule has 0 saturated heterocycles. The number of hydrogen-bond donors (Lipinski definition) is 2. The summed E-state index contributed by atoms with van der Waals surface area (Å²) < 4.78 is 1.96. The van der Waals surface area contributed by atoms with E-state index < -0.39 is 0 Å². The Morgan fingerprint density at radius 2 is 1.73 bits per heavy atom. The predicted octanol–water partition coefficient (Wildman–Crippen LogP) is 2.87. The van der Waals surface area contributed by atoms with Crippen LogP contribution in [0.1, 0.15) is 51.6 Å². The van der Waals surface area contributed by atoms with Crippen molar-refractivity contribution < 1.29 is 0 Å². The first-order valence-corrected chi connectivity index (χ1v) is 9.39. The first kappa shape index (κ1) is 25.2. The van der Waals surface area contributed by atoms with E-state index in [2.05, 4.69) is 74.1 Å². The second-order valence-corrected chi connectivity index (χ2v) is 7.45. The minimum atomic E-state index is 0. The van der Waals surface area contributed by atoms with Crippen molar-refractivity contribution >= 4 is 29.9 Å². The Bertz CT molecular complexity index is 557. The van der Waals surface area contributed by atoms with E-state index in [4.69, 9.17) is 0 Å². The molecule has 0 saturated carbocycles. The van der Waals surface area contributed by atoms with Gasteiger partial charge in [0.25, 0.3) is 0 Å².